The Balaban J connectivity index is 2.14. The van der Waals surface area contributed by atoms with Gasteiger partial charge >= 0.3 is 0 Å². The predicted octanol–water partition coefficient (Wildman–Crippen LogP) is 3.33. The van der Waals surface area contributed by atoms with Gasteiger partial charge in [0.05, 0.1) is 5.41 Å². The number of tetrazole rings is 1. The van der Waals surface area contributed by atoms with Crippen LogP contribution in [0.1, 0.15) is 25.2 Å². The first kappa shape index (κ1) is 13.4. The molecule has 0 aliphatic heterocycles. The minimum absolute atomic E-state index is 0.251. The molecule has 21 heavy (non-hydrogen) atoms. The Bertz CT molecular complexity index is 736. The monoisotopic (exact) mass is 282 g/mol. The molecule has 106 valence electrons. The van der Waals surface area contributed by atoms with Crippen LogP contribution in [0, 0.1) is 5.82 Å². The molecule has 0 radical (unpaired) electrons. The van der Waals surface area contributed by atoms with Crippen LogP contribution >= 0.6 is 0 Å². The maximum Gasteiger partial charge on any atom is 0.184 e. The first-order valence-corrected chi connectivity index (χ1v) is 6.69. The number of aromatic nitrogens is 4. The van der Waals surface area contributed by atoms with Gasteiger partial charge in [-0.3, -0.25) is 0 Å². The average molecular weight is 282 g/mol. The van der Waals surface area contributed by atoms with E-state index in [0.717, 1.165) is 5.56 Å². The van der Waals surface area contributed by atoms with Crippen molar-refractivity contribution in [2.24, 2.45) is 0 Å². The van der Waals surface area contributed by atoms with Gasteiger partial charge in [0.2, 0.25) is 0 Å². The molecule has 0 spiro atoms. The zero-order chi connectivity index (χ0) is 14.9. The van der Waals surface area contributed by atoms with Crippen LogP contribution in [0.25, 0.3) is 11.1 Å². The van der Waals surface area contributed by atoms with Crippen LogP contribution in [-0.4, -0.2) is 20.6 Å². The highest BCUT2D eigenvalue weighted by atomic mass is 19.1. The zero-order valence-electron chi connectivity index (χ0n) is 11.8. The van der Waals surface area contributed by atoms with Gasteiger partial charge in [0.1, 0.15) is 5.82 Å². The van der Waals surface area contributed by atoms with E-state index in [1.165, 1.54) is 0 Å². The summed E-state index contributed by atoms with van der Waals surface area (Å²) >= 11 is 0. The molecule has 0 unspecified atom stereocenters. The van der Waals surface area contributed by atoms with E-state index in [1.54, 1.807) is 12.1 Å². The van der Waals surface area contributed by atoms with E-state index < -0.39 is 5.41 Å². The lowest BCUT2D eigenvalue weighted by atomic mass is 9.82. The number of aromatic amines is 1. The van der Waals surface area contributed by atoms with E-state index in [1.807, 2.05) is 50.2 Å². The van der Waals surface area contributed by atoms with Gasteiger partial charge in [0.15, 0.2) is 5.82 Å². The van der Waals surface area contributed by atoms with E-state index in [-0.39, 0.29) is 5.82 Å². The number of nitrogens with zero attached hydrogens (tertiary/aromatic N) is 3. The highest BCUT2D eigenvalue weighted by molar-refractivity contribution is 5.65. The first-order valence-electron chi connectivity index (χ1n) is 6.69. The summed E-state index contributed by atoms with van der Waals surface area (Å²) in [4.78, 5) is 0. The van der Waals surface area contributed by atoms with E-state index in [2.05, 4.69) is 20.6 Å². The molecule has 1 N–H and O–H groups in total. The lowest BCUT2D eigenvalue weighted by Crippen LogP contribution is -2.23. The molecule has 0 amide bonds. The van der Waals surface area contributed by atoms with Crippen molar-refractivity contribution in [3.63, 3.8) is 0 Å². The number of nitrogens with one attached hydrogen (secondary N) is 1. The molecule has 0 saturated heterocycles. The Morgan fingerprint density at radius 3 is 2.43 bits per heavy atom. The lowest BCUT2D eigenvalue weighted by Gasteiger charge is -2.22. The van der Waals surface area contributed by atoms with Crippen molar-refractivity contribution in [3.8, 4) is 11.1 Å². The molecule has 2 aromatic carbocycles. The molecule has 0 fully saturated rings. The Hall–Kier alpha value is -2.56. The van der Waals surface area contributed by atoms with Crippen molar-refractivity contribution in [2.45, 2.75) is 19.3 Å². The number of rotatable bonds is 3. The molecule has 0 bridgehead atoms. The fraction of sp³-hybridized carbons (Fsp3) is 0.188. The molecule has 4 nitrogen and oxygen atoms in total. The van der Waals surface area contributed by atoms with E-state index >= 15 is 0 Å². The van der Waals surface area contributed by atoms with Crippen LogP contribution in [0.4, 0.5) is 4.39 Å². The van der Waals surface area contributed by atoms with Crippen molar-refractivity contribution >= 4 is 0 Å². The fourth-order valence-electron chi connectivity index (χ4n) is 2.40. The minimum atomic E-state index is -0.665. The second-order valence-corrected chi connectivity index (χ2v) is 5.39. The highest BCUT2D eigenvalue weighted by Crippen LogP contribution is 2.34. The largest absolute Gasteiger partial charge is 0.206 e. The molecular weight excluding hydrogens is 267 g/mol. The third kappa shape index (κ3) is 2.31. The standard InChI is InChI=1S/C16H15FN4/c1-16(2,15-18-20-21-19-15)13-10-6-9-12(14(13)17)11-7-4-3-5-8-11/h3-10H,1-2H3,(H,18,19,20,21). The summed E-state index contributed by atoms with van der Waals surface area (Å²) < 4.78 is 15.0. The van der Waals surface area contributed by atoms with Crippen molar-refractivity contribution in [3.05, 3.63) is 65.7 Å². The number of benzene rings is 2. The van der Waals surface area contributed by atoms with Gasteiger partial charge in [-0.25, -0.2) is 4.39 Å². The quantitative estimate of drug-likeness (QED) is 0.801. The second kappa shape index (κ2) is 5.09. The van der Waals surface area contributed by atoms with Crippen LogP contribution in [0.3, 0.4) is 0 Å². The normalized spacial score (nSPS) is 11.6. The van der Waals surface area contributed by atoms with Crippen LogP contribution in [0.2, 0.25) is 0 Å². The van der Waals surface area contributed by atoms with Crippen molar-refractivity contribution in [2.75, 3.05) is 0 Å². The summed E-state index contributed by atoms with van der Waals surface area (Å²) in [5.74, 6) is 0.213. The number of hydrogen-bond acceptors (Lipinski definition) is 3. The Kier molecular flexibility index (Phi) is 3.25. The molecule has 3 aromatic rings. The molecule has 3 rings (SSSR count). The number of halogens is 1. The molecular formula is C16H15FN4. The third-order valence-electron chi connectivity index (χ3n) is 3.66. The number of hydrogen-bond donors (Lipinski definition) is 1. The average Bonchev–Trinajstić information content (AvgIpc) is 3.03. The van der Waals surface area contributed by atoms with Crippen molar-refractivity contribution < 1.29 is 4.39 Å². The summed E-state index contributed by atoms with van der Waals surface area (Å²) in [6.07, 6.45) is 0. The molecule has 1 heterocycles. The summed E-state index contributed by atoms with van der Waals surface area (Å²) in [5, 5.41) is 14.0. The molecule has 0 atom stereocenters. The maximum atomic E-state index is 15.0. The molecule has 0 saturated carbocycles. The Labute approximate surface area is 122 Å². The fourth-order valence-corrected chi connectivity index (χ4v) is 2.40. The highest BCUT2D eigenvalue weighted by Gasteiger charge is 2.31. The summed E-state index contributed by atoms with van der Waals surface area (Å²) in [5.41, 5.74) is 1.30. The van der Waals surface area contributed by atoms with Crippen LogP contribution in [0.15, 0.2) is 48.5 Å². The van der Waals surface area contributed by atoms with Gasteiger partial charge < -0.3 is 0 Å². The first-order chi connectivity index (χ1) is 10.1. The smallest absolute Gasteiger partial charge is 0.184 e. The van der Waals surface area contributed by atoms with E-state index in [4.69, 9.17) is 0 Å². The SMILES string of the molecule is CC(C)(c1nn[nH]n1)c1cccc(-c2ccccc2)c1F. The summed E-state index contributed by atoms with van der Waals surface area (Å²) in [7, 11) is 0. The van der Waals surface area contributed by atoms with Crippen molar-refractivity contribution in [1.82, 2.24) is 20.6 Å². The zero-order valence-corrected chi connectivity index (χ0v) is 11.8. The van der Waals surface area contributed by atoms with Gasteiger partial charge in [-0.2, -0.15) is 5.21 Å². The Morgan fingerprint density at radius 2 is 1.76 bits per heavy atom. The topological polar surface area (TPSA) is 54.5 Å². The summed E-state index contributed by atoms with van der Waals surface area (Å²) in [6.45, 7) is 3.76. The number of H-pyrrole nitrogens is 1. The minimum Gasteiger partial charge on any atom is -0.206 e. The van der Waals surface area contributed by atoms with E-state index in [9.17, 15) is 4.39 Å². The van der Waals surface area contributed by atoms with E-state index in [0.29, 0.717) is 17.0 Å². The van der Waals surface area contributed by atoms with Crippen molar-refractivity contribution in [1.29, 1.82) is 0 Å². The van der Waals surface area contributed by atoms with Gasteiger partial charge in [-0.05, 0) is 19.4 Å². The molecule has 0 aliphatic carbocycles. The molecule has 5 heteroatoms. The van der Waals surface area contributed by atoms with Crippen LogP contribution in [-0.2, 0) is 5.41 Å². The van der Waals surface area contributed by atoms with Gasteiger partial charge in [0, 0.05) is 11.1 Å². The predicted molar refractivity (Wildman–Crippen MR) is 78.1 cm³/mol. The summed E-state index contributed by atoms with van der Waals surface area (Å²) in [6, 6.07) is 14.9. The van der Waals surface area contributed by atoms with Crippen LogP contribution in [0.5, 0.6) is 0 Å². The molecule has 0 aliphatic rings. The van der Waals surface area contributed by atoms with Crippen LogP contribution < -0.4 is 0 Å². The molecule has 1 aromatic heterocycles. The van der Waals surface area contributed by atoms with Gasteiger partial charge in [0.25, 0.3) is 0 Å². The second-order valence-electron chi connectivity index (χ2n) is 5.39. The van der Waals surface area contributed by atoms with Gasteiger partial charge in [-0.15, -0.1) is 10.2 Å². The third-order valence-corrected chi connectivity index (χ3v) is 3.66. The Morgan fingerprint density at radius 1 is 1.00 bits per heavy atom. The lowest BCUT2D eigenvalue weighted by molar-refractivity contribution is 0.529. The maximum absolute atomic E-state index is 15.0. The van der Waals surface area contributed by atoms with Gasteiger partial charge in [-0.1, -0.05) is 53.7 Å².